The predicted molar refractivity (Wildman–Crippen MR) is 139 cm³/mol. The molecule has 3 aromatic rings. The van der Waals surface area contributed by atoms with Crippen molar-refractivity contribution in [2.24, 2.45) is 5.92 Å². The minimum absolute atomic E-state index is 0.00203. The van der Waals surface area contributed by atoms with E-state index in [1.54, 1.807) is 43.3 Å². The van der Waals surface area contributed by atoms with Crippen LogP contribution in [-0.2, 0) is 4.74 Å². The first-order valence-corrected chi connectivity index (χ1v) is 12.3. The van der Waals surface area contributed by atoms with E-state index in [0.29, 0.717) is 11.3 Å². The summed E-state index contributed by atoms with van der Waals surface area (Å²) in [5, 5.41) is 35.2. The molecule has 2 aliphatic rings. The van der Waals surface area contributed by atoms with Crippen molar-refractivity contribution in [3.8, 4) is 45.6 Å². The number of benzene rings is 3. The topological polar surface area (TPSA) is 133 Å². The lowest BCUT2D eigenvalue weighted by atomic mass is 9.71. The summed E-state index contributed by atoms with van der Waals surface area (Å²) >= 11 is 0. The molecule has 39 heavy (non-hydrogen) atoms. The zero-order valence-corrected chi connectivity index (χ0v) is 22.2. The molecule has 0 radical (unpaired) electrons. The minimum Gasteiger partial charge on any atom is -0.504 e. The number of aromatic hydroxyl groups is 1. The van der Waals surface area contributed by atoms with E-state index < -0.39 is 29.7 Å². The summed E-state index contributed by atoms with van der Waals surface area (Å²) < 4.78 is 33.9. The van der Waals surface area contributed by atoms with Gasteiger partial charge in [-0.25, -0.2) is 4.79 Å². The average molecular weight is 539 g/mol. The maximum Gasteiger partial charge on any atom is 0.338 e. The SMILES string of the molecule is COc1cc2c(c(O)c1OC)-c1c(cc3c(c1OC)OCO3)[C@H](O)[C@H](C)[C@](C)(O)[C@H]2OC(=O)c1ccccc1. The Morgan fingerprint density at radius 1 is 0.974 bits per heavy atom. The Bertz CT molecular complexity index is 1420. The number of hydrogen-bond donors (Lipinski definition) is 3. The second kappa shape index (κ2) is 9.87. The molecule has 206 valence electrons. The number of fused-ring (bicyclic) bond motifs is 4. The first-order chi connectivity index (χ1) is 18.6. The number of hydrogen-bond acceptors (Lipinski definition) is 10. The van der Waals surface area contributed by atoms with E-state index in [2.05, 4.69) is 0 Å². The van der Waals surface area contributed by atoms with Crippen molar-refractivity contribution >= 4 is 5.97 Å². The van der Waals surface area contributed by atoms with Gasteiger partial charge in [-0.2, -0.15) is 0 Å². The maximum atomic E-state index is 13.3. The molecule has 0 fully saturated rings. The van der Waals surface area contributed by atoms with Crippen molar-refractivity contribution in [3.05, 3.63) is 59.2 Å². The fraction of sp³-hybridized carbons (Fsp3) is 0.345. The van der Waals surface area contributed by atoms with Crippen LogP contribution in [0.2, 0.25) is 0 Å². The van der Waals surface area contributed by atoms with Crippen LogP contribution in [0, 0.1) is 5.92 Å². The molecule has 0 amide bonds. The van der Waals surface area contributed by atoms with Gasteiger partial charge in [0.1, 0.15) is 5.60 Å². The Labute approximate surface area is 225 Å². The molecule has 3 N–H and O–H groups in total. The van der Waals surface area contributed by atoms with Crippen LogP contribution in [0.1, 0.15) is 47.5 Å². The number of esters is 1. The molecule has 0 aromatic heterocycles. The monoisotopic (exact) mass is 538 g/mol. The highest BCUT2D eigenvalue weighted by Crippen LogP contribution is 2.60. The Hall–Kier alpha value is -4.15. The van der Waals surface area contributed by atoms with E-state index in [1.807, 2.05) is 0 Å². The van der Waals surface area contributed by atoms with Crippen LogP contribution in [0.15, 0.2) is 42.5 Å². The molecule has 10 nitrogen and oxygen atoms in total. The third kappa shape index (κ3) is 4.07. The fourth-order valence-corrected chi connectivity index (χ4v) is 5.26. The molecule has 1 aliphatic carbocycles. The van der Waals surface area contributed by atoms with Gasteiger partial charge in [-0.1, -0.05) is 25.1 Å². The number of phenolic OH excluding ortho intramolecular Hbond substituents is 1. The van der Waals surface area contributed by atoms with E-state index in [9.17, 15) is 20.1 Å². The molecule has 3 aromatic carbocycles. The Kier molecular flexibility index (Phi) is 6.69. The third-order valence-electron chi connectivity index (χ3n) is 7.54. The van der Waals surface area contributed by atoms with Crippen LogP contribution < -0.4 is 23.7 Å². The number of phenols is 1. The fourth-order valence-electron chi connectivity index (χ4n) is 5.26. The van der Waals surface area contributed by atoms with Crippen LogP contribution in [-0.4, -0.2) is 55.0 Å². The molecule has 0 spiro atoms. The van der Waals surface area contributed by atoms with Gasteiger partial charge >= 0.3 is 5.97 Å². The number of rotatable bonds is 5. The van der Waals surface area contributed by atoms with Crippen molar-refractivity contribution in [2.45, 2.75) is 31.7 Å². The van der Waals surface area contributed by atoms with E-state index in [1.165, 1.54) is 34.3 Å². The molecular formula is C29H30O10. The molecule has 1 aliphatic heterocycles. The summed E-state index contributed by atoms with van der Waals surface area (Å²) in [6.07, 6.45) is -2.68. The lowest BCUT2D eigenvalue weighted by molar-refractivity contribution is -0.133. The van der Waals surface area contributed by atoms with E-state index in [-0.39, 0.29) is 57.8 Å². The first kappa shape index (κ1) is 26.5. The summed E-state index contributed by atoms with van der Waals surface area (Å²) in [6, 6.07) is 11.4. The van der Waals surface area contributed by atoms with Crippen molar-refractivity contribution in [1.29, 1.82) is 0 Å². The molecule has 1 heterocycles. The van der Waals surface area contributed by atoms with Gasteiger partial charge in [-0.15, -0.1) is 0 Å². The van der Waals surface area contributed by atoms with Crippen LogP contribution in [0.5, 0.6) is 34.5 Å². The van der Waals surface area contributed by atoms with Gasteiger partial charge in [0.15, 0.2) is 29.1 Å². The van der Waals surface area contributed by atoms with Gasteiger partial charge in [-0.05, 0) is 36.8 Å². The number of ether oxygens (including phenoxy) is 6. The molecule has 0 saturated carbocycles. The molecule has 0 unspecified atom stereocenters. The number of methoxy groups -OCH3 is 3. The van der Waals surface area contributed by atoms with Crippen LogP contribution in [0.4, 0.5) is 0 Å². The van der Waals surface area contributed by atoms with Crippen molar-refractivity contribution in [1.82, 2.24) is 0 Å². The van der Waals surface area contributed by atoms with Gasteiger partial charge in [0.05, 0.1) is 33.0 Å². The normalized spacial score (nSPS) is 23.1. The van der Waals surface area contributed by atoms with Crippen molar-refractivity contribution < 1.29 is 48.5 Å². The molecular weight excluding hydrogens is 508 g/mol. The van der Waals surface area contributed by atoms with E-state index >= 15 is 0 Å². The predicted octanol–water partition coefficient (Wildman–Crippen LogP) is 4.15. The second-order valence-corrected chi connectivity index (χ2v) is 9.64. The summed E-state index contributed by atoms with van der Waals surface area (Å²) in [5.41, 5.74) is -0.694. The Morgan fingerprint density at radius 3 is 2.31 bits per heavy atom. The maximum absolute atomic E-state index is 13.3. The van der Waals surface area contributed by atoms with Gasteiger partial charge in [0.25, 0.3) is 0 Å². The van der Waals surface area contributed by atoms with E-state index in [0.717, 1.165) is 0 Å². The van der Waals surface area contributed by atoms with Crippen LogP contribution >= 0.6 is 0 Å². The van der Waals surface area contributed by atoms with Gasteiger partial charge in [0, 0.05) is 22.6 Å². The Morgan fingerprint density at radius 2 is 1.67 bits per heavy atom. The van der Waals surface area contributed by atoms with Crippen molar-refractivity contribution in [3.63, 3.8) is 0 Å². The summed E-state index contributed by atoms with van der Waals surface area (Å²) in [6.45, 7) is 3.04. The zero-order valence-electron chi connectivity index (χ0n) is 22.2. The zero-order chi connectivity index (χ0) is 28.1. The minimum atomic E-state index is -1.84. The quantitative estimate of drug-likeness (QED) is 0.407. The van der Waals surface area contributed by atoms with Crippen LogP contribution in [0.25, 0.3) is 11.1 Å². The Balaban J connectivity index is 1.87. The second-order valence-electron chi connectivity index (χ2n) is 9.64. The summed E-state index contributed by atoms with van der Waals surface area (Å²) in [4.78, 5) is 13.3. The average Bonchev–Trinajstić information content (AvgIpc) is 3.42. The van der Waals surface area contributed by atoms with Gasteiger partial charge < -0.3 is 43.7 Å². The van der Waals surface area contributed by atoms with Crippen molar-refractivity contribution in [2.75, 3.05) is 28.1 Å². The lowest BCUT2D eigenvalue weighted by Gasteiger charge is -2.42. The van der Waals surface area contributed by atoms with Gasteiger partial charge in [-0.3, -0.25) is 0 Å². The highest BCUT2D eigenvalue weighted by molar-refractivity contribution is 5.91. The molecule has 4 atom stereocenters. The third-order valence-corrected chi connectivity index (χ3v) is 7.54. The smallest absolute Gasteiger partial charge is 0.338 e. The number of carbonyl (C=O) groups is 1. The first-order valence-electron chi connectivity index (χ1n) is 12.3. The highest BCUT2D eigenvalue weighted by Gasteiger charge is 2.50. The molecule has 0 bridgehead atoms. The number of aliphatic hydroxyl groups is 2. The summed E-state index contributed by atoms with van der Waals surface area (Å²) in [5.74, 6) is -1.03. The summed E-state index contributed by atoms with van der Waals surface area (Å²) in [7, 11) is 4.19. The standard InChI is InChI=1S/C29H30O10/c1-14-22(30)16-11-19-25(38-13-37-19)26(36-5)21(16)20-17(12-18(34-3)24(35-4)23(20)31)27(29(14,2)33)39-28(32)15-9-7-6-8-10-15/h6-12,14,22,27,30-31,33H,13H2,1-5H3/t14-,22+,27-,29-/m0/s1. The number of carbonyl (C=O) groups excluding carboxylic acids is 1. The molecule has 10 heteroatoms. The molecule has 0 saturated heterocycles. The lowest BCUT2D eigenvalue weighted by Crippen LogP contribution is -2.45. The van der Waals surface area contributed by atoms with Gasteiger partial charge in [0.2, 0.25) is 18.3 Å². The number of aliphatic hydroxyl groups excluding tert-OH is 1. The highest BCUT2D eigenvalue weighted by atomic mass is 16.7. The molecule has 5 rings (SSSR count). The van der Waals surface area contributed by atoms with E-state index in [4.69, 9.17) is 28.4 Å². The largest absolute Gasteiger partial charge is 0.504 e. The van der Waals surface area contributed by atoms with Crippen LogP contribution in [0.3, 0.4) is 0 Å².